The first-order chi connectivity index (χ1) is 16.9. The van der Waals surface area contributed by atoms with Crippen LogP contribution in [0.1, 0.15) is 29.3 Å². The highest BCUT2D eigenvalue weighted by Gasteiger charge is 2.63. The van der Waals surface area contributed by atoms with Crippen LogP contribution < -0.4 is 4.74 Å². The Morgan fingerprint density at radius 3 is 1.97 bits per heavy atom. The van der Waals surface area contributed by atoms with E-state index < -0.39 is 39.2 Å². The molecule has 1 unspecified atom stereocenters. The van der Waals surface area contributed by atoms with Crippen molar-refractivity contribution in [2.75, 3.05) is 21.1 Å². The molecular weight excluding hydrogens is 525 g/mol. The number of carbonyl (C=O) groups is 1. The molecule has 0 heterocycles. The largest absolute Gasteiger partial charge is 0.743 e. The molecule has 0 spiro atoms. The van der Waals surface area contributed by atoms with E-state index in [0.717, 1.165) is 35.3 Å². The highest BCUT2D eigenvalue weighted by molar-refractivity contribution is 7.86. The lowest BCUT2D eigenvalue weighted by Gasteiger charge is -2.29. The van der Waals surface area contributed by atoms with Crippen LogP contribution in [0.5, 0.6) is 5.75 Å². The molecule has 0 aromatic heterocycles. The average molecular weight is 554 g/mol. The molecule has 0 aliphatic rings. The van der Waals surface area contributed by atoms with Crippen LogP contribution in [-0.4, -0.2) is 62.1 Å². The van der Waals surface area contributed by atoms with Gasteiger partial charge in [0, 0.05) is 5.56 Å². The maximum Gasteiger partial charge on any atom is 0.432 e. The molecule has 0 fully saturated rings. The molecule has 2 aromatic carbocycles. The fourth-order valence-corrected chi connectivity index (χ4v) is 3.10. The molecule has 2 aromatic rings. The first kappa shape index (κ1) is 32.0. The maximum absolute atomic E-state index is 13.3. The summed E-state index contributed by atoms with van der Waals surface area (Å²) in [5.74, 6) is -1.71. The summed E-state index contributed by atoms with van der Waals surface area (Å²) in [6.45, 7) is 2.93. The Labute approximate surface area is 212 Å². The van der Waals surface area contributed by atoms with Gasteiger partial charge in [-0.2, -0.15) is 22.0 Å². The van der Waals surface area contributed by atoms with Gasteiger partial charge >= 0.3 is 17.4 Å². The number of ether oxygens (including phenoxy) is 2. The van der Waals surface area contributed by atoms with Crippen molar-refractivity contribution in [1.82, 2.24) is 0 Å². The Hall–Kier alpha value is -3.03. The van der Waals surface area contributed by atoms with Gasteiger partial charge in [-0.3, -0.25) is 0 Å². The van der Waals surface area contributed by atoms with E-state index in [-0.39, 0.29) is 5.75 Å². The number of esters is 1. The Morgan fingerprint density at radius 1 is 1.00 bits per heavy atom. The van der Waals surface area contributed by atoms with Crippen molar-refractivity contribution in [2.45, 2.75) is 37.4 Å². The Kier molecular flexibility index (Phi) is 11.2. The number of allylic oxidation sites excluding steroid dienone is 1. The van der Waals surface area contributed by atoms with Crippen molar-refractivity contribution >= 4 is 16.1 Å². The van der Waals surface area contributed by atoms with Gasteiger partial charge in [-0.1, -0.05) is 37.3 Å². The first-order valence-corrected chi connectivity index (χ1v) is 12.2. The highest BCUT2D eigenvalue weighted by Crippen LogP contribution is 2.38. The van der Waals surface area contributed by atoms with Gasteiger partial charge < -0.3 is 18.5 Å². The van der Waals surface area contributed by atoms with Crippen LogP contribution in [0.3, 0.4) is 0 Å². The zero-order chi connectivity index (χ0) is 28.5. The van der Waals surface area contributed by atoms with E-state index in [0.29, 0.717) is 6.42 Å². The van der Waals surface area contributed by atoms with Crippen LogP contribution in [0.15, 0.2) is 66.9 Å². The molecule has 0 radical (unpaired) electrons. The normalized spacial score (nSPS) is 13.5. The number of benzene rings is 2. The number of quaternary nitrogens is 1. The molecule has 7 nitrogen and oxygen atoms in total. The molecule has 206 valence electrons. The quantitative estimate of drug-likeness (QED) is 0.141. The first-order valence-electron chi connectivity index (χ1n) is 10.8. The molecule has 0 saturated carbocycles. The van der Waals surface area contributed by atoms with Crippen LogP contribution >= 0.6 is 0 Å². The van der Waals surface area contributed by atoms with Gasteiger partial charge in [0.2, 0.25) is 0 Å². The predicted molar refractivity (Wildman–Crippen MR) is 125 cm³/mol. The SMILES string of the molecule is CCC=COc1ccc(C(=O)OC(C(F)(F)F)C(F)(F)S(=O)(=O)[O-])cc1.C[N+](C)(C)Cc1ccccc1. The van der Waals surface area contributed by atoms with E-state index in [1.54, 1.807) is 6.08 Å². The van der Waals surface area contributed by atoms with E-state index in [1.165, 1.54) is 11.8 Å². The minimum Gasteiger partial charge on any atom is -0.743 e. The summed E-state index contributed by atoms with van der Waals surface area (Å²) in [4.78, 5) is 11.6. The lowest BCUT2D eigenvalue weighted by Crippen LogP contribution is -2.52. The van der Waals surface area contributed by atoms with Gasteiger partial charge in [-0.05, 0) is 36.8 Å². The fraction of sp³-hybridized carbons (Fsp3) is 0.375. The van der Waals surface area contributed by atoms with Gasteiger partial charge in [0.05, 0.1) is 33.0 Å². The van der Waals surface area contributed by atoms with E-state index in [9.17, 15) is 39.7 Å². The number of nitrogens with zero attached hydrogens (tertiary/aromatic N) is 1. The number of carbonyl (C=O) groups excluding carboxylic acids is 1. The maximum atomic E-state index is 13.3. The third-order valence-corrected chi connectivity index (χ3v) is 5.17. The Morgan fingerprint density at radius 2 is 1.54 bits per heavy atom. The minimum absolute atomic E-state index is 0.186. The highest BCUT2D eigenvalue weighted by atomic mass is 32.2. The average Bonchev–Trinajstić information content (AvgIpc) is 2.76. The molecular formula is C24H28F5NO6S. The molecule has 2 rings (SSSR count). The van der Waals surface area contributed by atoms with Gasteiger partial charge in [0.15, 0.2) is 10.1 Å². The van der Waals surface area contributed by atoms with Crippen molar-refractivity contribution in [1.29, 1.82) is 0 Å². The second-order valence-corrected chi connectivity index (χ2v) is 10.2. The molecule has 0 aliphatic heterocycles. The third kappa shape index (κ3) is 10.9. The number of halogens is 5. The van der Waals surface area contributed by atoms with Gasteiger partial charge in [0.25, 0.3) is 6.10 Å². The summed E-state index contributed by atoms with van der Waals surface area (Å²) < 4.78 is 105. The molecule has 0 saturated heterocycles. The lowest BCUT2D eigenvalue weighted by molar-refractivity contribution is -0.884. The van der Waals surface area contributed by atoms with Crippen molar-refractivity contribution in [3.63, 3.8) is 0 Å². The standard InChI is InChI=1S/C14H13F5O6S.C10H16N/c1-2-3-8-24-10-6-4-9(5-7-10)11(20)25-12(13(15,16)17)14(18,19)26(21,22)23;1-11(2,3)9-10-7-5-4-6-8-10/h3-8,12H,2H2,1H3,(H,21,22,23);4-8H,9H2,1-3H3/q;+1/p-1. The summed E-state index contributed by atoms with van der Waals surface area (Å²) in [6.07, 6.45) is -6.83. The summed E-state index contributed by atoms with van der Waals surface area (Å²) in [5, 5.41) is -5.89. The minimum atomic E-state index is -6.74. The summed E-state index contributed by atoms with van der Waals surface area (Å²) in [7, 11) is -0.136. The molecule has 13 heteroatoms. The number of alkyl halides is 5. The zero-order valence-electron chi connectivity index (χ0n) is 20.5. The fourth-order valence-electron chi connectivity index (χ4n) is 2.66. The Balaban J connectivity index is 0.000000516. The van der Waals surface area contributed by atoms with Gasteiger partial charge in [-0.25, -0.2) is 13.2 Å². The lowest BCUT2D eigenvalue weighted by atomic mass is 10.2. The zero-order valence-corrected chi connectivity index (χ0v) is 21.4. The molecule has 37 heavy (non-hydrogen) atoms. The van der Waals surface area contributed by atoms with Crippen LogP contribution in [0.25, 0.3) is 0 Å². The topological polar surface area (TPSA) is 92.7 Å². The van der Waals surface area contributed by atoms with Gasteiger partial charge in [0.1, 0.15) is 12.3 Å². The van der Waals surface area contributed by atoms with Crippen LogP contribution in [0, 0.1) is 0 Å². The van der Waals surface area contributed by atoms with E-state index >= 15 is 0 Å². The second kappa shape index (κ2) is 13.0. The van der Waals surface area contributed by atoms with E-state index in [4.69, 9.17) is 4.74 Å². The van der Waals surface area contributed by atoms with Crippen molar-refractivity contribution in [2.24, 2.45) is 0 Å². The summed E-state index contributed by atoms with van der Waals surface area (Å²) in [5.41, 5.74) is 0.810. The summed E-state index contributed by atoms with van der Waals surface area (Å²) in [6, 6.07) is 14.7. The monoisotopic (exact) mass is 553 g/mol. The molecule has 1 atom stereocenters. The second-order valence-electron chi connectivity index (χ2n) is 8.70. The number of hydrogen-bond acceptors (Lipinski definition) is 6. The van der Waals surface area contributed by atoms with Crippen LogP contribution in [0.2, 0.25) is 0 Å². The van der Waals surface area contributed by atoms with Crippen molar-refractivity contribution in [3.8, 4) is 5.75 Å². The Bertz CT molecular complexity index is 1130. The van der Waals surface area contributed by atoms with Crippen molar-refractivity contribution in [3.05, 3.63) is 78.1 Å². The van der Waals surface area contributed by atoms with Crippen LogP contribution in [-0.2, 0) is 21.4 Å². The van der Waals surface area contributed by atoms with Crippen molar-refractivity contribution < 1.29 is 53.7 Å². The number of rotatable bonds is 9. The van der Waals surface area contributed by atoms with Gasteiger partial charge in [-0.15, -0.1) is 0 Å². The van der Waals surface area contributed by atoms with E-state index in [1.807, 2.05) is 6.92 Å². The molecule has 0 N–H and O–H groups in total. The third-order valence-electron chi connectivity index (χ3n) is 4.29. The molecule has 0 amide bonds. The van der Waals surface area contributed by atoms with Crippen LogP contribution in [0.4, 0.5) is 22.0 Å². The van der Waals surface area contributed by atoms with E-state index in [2.05, 4.69) is 56.2 Å². The summed E-state index contributed by atoms with van der Waals surface area (Å²) >= 11 is 0. The molecule has 0 bridgehead atoms. The predicted octanol–water partition coefficient (Wildman–Crippen LogP) is 5.11. The number of hydrogen-bond donors (Lipinski definition) is 0. The molecule has 0 aliphatic carbocycles. The smallest absolute Gasteiger partial charge is 0.432 e.